The minimum absolute atomic E-state index is 0.0740. The molecule has 0 heterocycles. The van der Waals surface area contributed by atoms with Gasteiger partial charge in [-0.2, -0.15) is 0 Å². The number of benzene rings is 1. The maximum Gasteiger partial charge on any atom is 0.335 e. The number of carbonyl (C=O) groups is 1. The fraction of sp³-hybridized carbons (Fsp3) is 0.182. The number of carboxylic acid groups (broad SMARTS) is 1. The summed E-state index contributed by atoms with van der Waals surface area (Å²) in [5, 5.41) is 17.4. The summed E-state index contributed by atoms with van der Waals surface area (Å²) < 4.78 is 0. The molecule has 0 amide bonds. The van der Waals surface area contributed by atoms with Crippen LogP contribution < -0.4 is 5.73 Å². The molecular formula is C11H13NO3. The van der Waals surface area contributed by atoms with Gasteiger partial charge < -0.3 is 15.9 Å². The Hall–Kier alpha value is -1.81. The molecule has 0 aliphatic heterocycles. The predicted molar refractivity (Wildman–Crippen MR) is 58.6 cm³/mol. The first-order chi connectivity index (χ1) is 7.13. The Balaban J connectivity index is 2.93. The van der Waals surface area contributed by atoms with Crippen LogP contribution in [-0.4, -0.2) is 22.8 Å². The minimum atomic E-state index is -1.00. The molecule has 0 saturated carbocycles. The molecule has 0 fully saturated rings. The number of anilines is 1. The fourth-order valence-corrected chi connectivity index (χ4v) is 1.19. The molecule has 1 aromatic carbocycles. The van der Waals surface area contributed by atoms with Crippen molar-refractivity contribution in [1.29, 1.82) is 0 Å². The van der Waals surface area contributed by atoms with E-state index in [1.54, 1.807) is 18.2 Å². The first-order valence-corrected chi connectivity index (χ1v) is 4.54. The zero-order chi connectivity index (χ0) is 11.3. The normalized spacial score (nSPS) is 10.7. The second-order valence-corrected chi connectivity index (χ2v) is 3.11. The number of hydrogen-bond donors (Lipinski definition) is 3. The average Bonchev–Trinajstić information content (AvgIpc) is 2.17. The lowest BCUT2D eigenvalue weighted by molar-refractivity contribution is 0.0697. The number of rotatable bonds is 4. The van der Waals surface area contributed by atoms with E-state index in [1.165, 1.54) is 12.1 Å². The number of carboxylic acids is 1. The van der Waals surface area contributed by atoms with Crippen molar-refractivity contribution in [3.05, 3.63) is 35.4 Å². The summed E-state index contributed by atoms with van der Waals surface area (Å²) in [5.41, 5.74) is 6.86. The SMILES string of the molecule is Nc1cc(C=CCCO)cc(C(=O)O)c1. The van der Waals surface area contributed by atoms with Crippen LogP contribution in [0.3, 0.4) is 0 Å². The number of hydrogen-bond acceptors (Lipinski definition) is 3. The third-order valence-corrected chi connectivity index (χ3v) is 1.83. The third kappa shape index (κ3) is 3.44. The van der Waals surface area contributed by atoms with Crippen LogP contribution in [0.4, 0.5) is 5.69 Å². The van der Waals surface area contributed by atoms with Crippen LogP contribution in [0.2, 0.25) is 0 Å². The number of aliphatic hydroxyl groups excluding tert-OH is 1. The van der Waals surface area contributed by atoms with E-state index >= 15 is 0 Å². The molecule has 0 bridgehead atoms. The van der Waals surface area contributed by atoms with E-state index in [2.05, 4.69) is 0 Å². The molecule has 0 saturated heterocycles. The van der Waals surface area contributed by atoms with Crippen molar-refractivity contribution in [2.24, 2.45) is 0 Å². The molecule has 4 N–H and O–H groups in total. The molecule has 0 unspecified atom stereocenters. The lowest BCUT2D eigenvalue weighted by Crippen LogP contribution is -1.98. The highest BCUT2D eigenvalue weighted by Gasteiger charge is 2.03. The van der Waals surface area contributed by atoms with Gasteiger partial charge in [0, 0.05) is 12.3 Å². The van der Waals surface area contributed by atoms with Crippen LogP contribution in [0.1, 0.15) is 22.3 Å². The number of aliphatic hydroxyl groups is 1. The van der Waals surface area contributed by atoms with Crippen LogP contribution in [0.15, 0.2) is 24.3 Å². The highest BCUT2D eigenvalue weighted by Crippen LogP contribution is 2.13. The van der Waals surface area contributed by atoms with Crippen molar-refractivity contribution >= 4 is 17.7 Å². The number of aromatic carboxylic acids is 1. The number of nitrogen functional groups attached to an aromatic ring is 1. The summed E-state index contributed by atoms with van der Waals surface area (Å²) >= 11 is 0. The highest BCUT2D eigenvalue weighted by atomic mass is 16.4. The van der Waals surface area contributed by atoms with Gasteiger partial charge >= 0.3 is 5.97 Å². The molecular weight excluding hydrogens is 194 g/mol. The van der Waals surface area contributed by atoms with Gasteiger partial charge in [0.15, 0.2) is 0 Å². The third-order valence-electron chi connectivity index (χ3n) is 1.83. The van der Waals surface area contributed by atoms with E-state index in [-0.39, 0.29) is 12.2 Å². The maximum absolute atomic E-state index is 10.7. The number of nitrogens with two attached hydrogens (primary N) is 1. The monoisotopic (exact) mass is 207 g/mol. The summed E-state index contributed by atoms with van der Waals surface area (Å²) in [4.78, 5) is 10.7. The average molecular weight is 207 g/mol. The highest BCUT2D eigenvalue weighted by molar-refractivity contribution is 5.89. The van der Waals surface area contributed by atoms with Gasteiger partial charge in [0.1, 0.15) is 0 Å². The molecule has 1 rings (SSSR count). The second kappa shape index (κ2) is 5.17. The molecule has 4 nitrogen and oxygen atoms in total. The van der Waals surface area contributed by atoms with Gasteiger partial charge in [-0.15, -0.1) is 0 Å². The second-order valence-electron chi connectivity index (χ2n) is 3.11. The van der Waals surface area contributed by atoms with Crippen molar-refractivity contribution in [3.63, 3.8) is 0 Å². The van der Waals surface area contributed by atoms with Crippen LogP contribution in [0.5, 0.6) is 0 Å². The summed E-state index contributed by atoms with van der Waals surface area (Å²) in [5.74, 6) is -1.00. The Morgan fingerprint density at radius 1 is 1.40 bits per heavy atom. The van der Waals surface area contributed by atoms with E-state index in [4.69, 9.17) is 15.9 Å². The Kier molecular flexibility index (Phi) is 3.88. The molecule has 0 aliphatic rings. The Bertz CT molecular complexity index is 385. The van der Waals surface area contributed by atoms with Crippen LogP contribution >= 0.6 is 0 Å². The van der Waals surface area contributed by atoms with Gasteiger partial charge in [-0.25, -0.2) is 4.79 Å². The van der Waals surface area contributed by atoms with Gasteiger partial charge in [-0.05, 0) is 30.2 Å². The van der Waals surface area contributed by atoms with Gasteiger partial charge in [0.2, 0.25) is 0 Å². The predicted octanol–water partition coefficient (Wildman–Crippen LogP) is 1.36. The quantitative estimate of drug-likeness (QED) is 0.651. The van der Waals surface area contributed by atoms with Crippen molar-refractivity contribution < 1.29 is 15.0 Å². The molecule has 0 atom stereocenters. The van der Waals surface area contributed by atoms with E-state index in [0.717, 1.165) is 5.56 Å². The van der Waals surface area contributed by atoms with Crippen LogP contribution in [0.25, 0.3) is 6.08 Å². The Morgan fingerprint density at radius 2 is 2.13 bits per heavy atom. The van der Waals surface area contributed by atoms with Gasteiger partial charge in [0.25, 0.3) is 0 Å². The maximum atomic E-state index is 10.7. The molecule has 4 heteroatoms. The summed E-state index contributed by atoms with van der Waals surface area (Å²) in [6, 6.07) is 4.62. The zero-order valence-corrected chi connectivity index (χ0v) is 8.18. The van der Waals surface area contributed by atoms with Crippen molar-refractivity contribution in [1.82, 2.24) is 0 Å². The summed E-state index contributed by atoms with van der Waals surface area (Å²) in [6.07, 6.45) is 4.04. The van der Waals surface area contributed by atoms with Gasteiger partial charge in [-0.1, -0.05) is 12.2 Å². The Labute approximate surface area is 87.7 Å². The smallest absolute Gasteiger partial charge is 0.335 e. The van der Waals surface area contributed by atoms with Crippen molar-refractivity contribution in [2.75, 3.05) is 12.3 Å². The van der Waals surface area contributed by atoms with Crippen molar-refractivity contribution in [2.45, 2.75) is 6.42 Å². The van der Waals surface area contributed by atoms with E-state index in [0.29, 0.717) is 12.1 Å². The van der Waals surface area contributed by atoms with Crippen LogP contribution in [0, 0.1) is 0 Å². The van der Waals surface area contributed by atoms with Gasteiger partial charge in [0.05, 0.1) is 5.56 Å². The van der Waals surface area contributed by atoms with Gasteiger partial charge in [-0.3, -0.25) is 0 Å². The summed E-state index contributed by atoms with van der Waals surface area (Å²) in [6.45, 7) is 0.0740. The van der Waals surface area contributed by atoms with E-state index in [9.17, 15) is 4.79 Å². The molecule has 0 radical (unpaired) electrons. The zero-order valence-electron chi connectivity index (χ0n) is 8.18. The minimum Gasteiger partial charge on any atom is -0.478 e. The molecule has 80 valence electrons. The fourth-order valence-electron chi connectivity index (χ4n) is 1.19. The standard InChI is InChI=1S/C11H13NO3/c12-10-6-8(3-1-2-4-13)5-9(7-10)11(14)15/h1,3,5-7,13H,2,4,12H2,(H,14,15). The first kappa shape index (κ1) is 11.3. The lowest BCUT2D eigenvalue weighted by Gasteiger charge is -2.00. The van der Waals surface area contributed by atoms with E-state index < -0.39 is 5.97 Å². The van der Waals surface area contributed by atoms with E-state index in [1.807, 2.05) is 0 Å². The van der Waals surface area contributed by atoms with Crippen LogP contribution in [-0.2, 0) is 0 Å². The largest absolute Gasteiger partial charge is 0.478 e. The molecule has 1 aromatic rings. The molecule has 0 spiro atoms. The molecule has 0 aliphatic carbocycles. The Morgan fingerprint density at radius 3 is 2.73 bits per heavy atom. The molecule has 15 heavy (non-hydrogen) atoms. The van der Waals surface area contributed by atoms with Crippen molar-refractivity contribution in [3.8, 4) is 0 Å². The summed E-state index contributed by atoms with van der Waals surface area (Å²) in [7, 11) is 0. The molecule has 0 aromatic heterocycles. The lowest BCUT2D eigenvalue weighted by atomic mass is 10.1. The topological polar surface area (TPSA) is 83.5 Å². The first-order valence-electron chi connectivity index (χ1n) is 4.54.